The molecule has 0 saturated heterocycles. The van der Waals surface area contributed by atoms with Gasteiger partial charge in [0.2, 0.25) is 5.75 Å². The number of hydrogen-bond acceptors (Lipinski definition) is 8. The highest BCUT2D eigenvalue weighted by Gasteiger charge is 2.34. The third kappa shape index (κ3) is 6.40. The molecule has 0 aliphatic carbocycles. The lowest BCUT2D eigenvalue weighted by Crippen LogP contribution is -2.34. The largest absolute Gasteiger partial charge is 0.504 e. The zero-order valence-electron chi connectivity index (χ0n) is 27.4. The number of aromatic hydroxyl groups is 1. The Morgan fingerprint density at radius 2 is 1.32 bits per heavy atom. The SMILES string of the molecule is COc1cc2c3cc1Oc1c(OC)c(OC)cc4c1[C@H](Cc1ccc(cc1)Oc1cc(ccc1O)C[C@H]3N(C)CC2)N(C)CC4.Cl.Cl. The number of phenolic OH excluding ortho intramolecular Hbond substituents is 1. The first-order valence-corrected chi connectivity index (χ1v) is 15.5. The maximum atomic E-state index is 10.7. The Labute approximate surface area is 289 Å². The number of rotatable bonds is 3. The fourth-order valence-corrected chi connectivity index (χ4v) is 7.11. The quantitative estimate of drug-likeness (QED) is 0.236. The van der Waals surface area contributed by atoms with Crippen molar-refractivity contribution in [1.29, 1.82) is 0 Å². The van der Waals surface area contributed by atoms with E-state index in [4.69, 9.17) is 23.7 Å². The van der Waals surface area contributed by atoms with Crippen LogP contribution in [-0.4, -0.2) is 63.4 Å². The van der Waals surface area contributed by atoms with Crippen molar-refractivity contribution in [3.8, 4) is 46.0 Å². The Hall–Kier alpha value is -3.82. The fraction of sp³-hybridized carbons (Fsp3) is 0.351. The Morgan fingerprint density at radius 1 is 0.681 bits per heavy atom. The second-order valence-corrected chi connectivity index (χ2v) is 12.3. The number of phenols is 1. The van der Waals surface area contributed by atoms with Crippen molar-refractivity contribution in [2.75, 3.05) is 48.5 Å². The average molecular weight is 682 g/mol. The molecule has 0 saturated carbocycles. The number of hydrogen-bond donors (Lipinski definition) is 1. The highest BCUT2D eigenvalue weighted by atomic mass is 35.5. The number of fused-ring (bicyclic) bond motifs is 2. The highest BCUT2D eigenvalue weighted by molar-refractivity contribution is 5.85. The Morgan fingerprint density at radius 3 is 2.02 bits per heavy atom. The number of halogens is 2. The summed E-state index contributed by atoms with van der Waals surface area (Å²) in [4.78, 5) is 4.75. The van der Waals surface area contributed by atoms with Crippen molar-refractivity contribution in [2.45, 2.75) is 37.8 Å². The minimum atomic E-state index is 0. The number of ether oxygens (including phenoxy) is 5. The van der Waals surface area contributed by atoms with Crippen LogP contribution in [0.2, 0.25) is 0 Å². The van der Waals surface area contributed by atoms with Crippen LogP contribution in [0, 0.1) is 0 Å². The molecule has 2 atom stereocenters. The molecule has 4 aromatic rings. The topological polar surface area (TPSA) is 72.9 Å². The summed E-state index contributed by atoms with van der Waals surface area (Å²) in [5.41, 5.74) is 6.93. The van der Waals surface area contributed by atoms with Crippen LogP contribution in [0.25, 0.3) is 0 Å². The minimum Gasteiger partial charge on any atom is -0.504 e. The van der Waals surface area contributed by atoms with Crippen molar-refractivity contribution in [2.24, 2.45) is 0 Å². The molecule has 0 amide bonds. The van der Waals surface area contributed by atoms with Crippen LogP contribution in [0.15, 0.2) is 60.7 Å². The third-order valence-corrected chi connectivity index (χ3v) is 9.64. The molecule has 4 aliphatic heterocycles. The first kappa shape index (κ1) is 34.5. The highest BCUT2D eigenvalue weighted by Crippen LogP contribution is 2.51. The molecule has 10 heteroatoms. The van der Waals surface area contributed by atoms with Crippen LogP contribution in [0.4, 0.5) is 0 Å². The number of likely N-dealkylation sites (N-methyl/N-ethyl adjacent to an activating group) is 2. The number of methoxy groups -OCH3 is 3. The van der Waals surface area contributed by atoms with Gasteiger partial charge < -0.3 is 28.8 Å². The van der Waals surface area contributed by atoms with Gasteiger partial charge >= 0.3 is 0 Å². The van der Waals surface area contributed by atoms with Crippen LogP contribution in [0.1, 0.15) is 45.5 Å². The van der Waals surface area contributed by atoms with Crippen LogP contribution < -0.4 is 23.7 Å². The van der Waals surface area contributed by atoms with E-state index in [1.54, 1.807) is 27.4 Å². The van der Waals surface area contributed by atoms with Crippen molar-refractivity contribution >= 4 is 24.8 Å². The molecule has 0 fully saturated rings. The summed E-state index contributed by atoms with van der Waals surface area (Å²) in [6.45, 7) is 1.82. The standard InChI is InChI=1S/C37H40N2O6.2ClH/c1-38-14-12-24-19-32(41-3)33-21-27(24)28(38)17-23-8-11-30(40)31(18-23)44-26-9-6-22(7-10-26)16-29-35-25(13-15-39(29)2)20-34(42-4)36(43-5)37(35)45-33;;/h6-11,18-21,28-29,40H,12-17H2,1-5H3;2*1H/t28-,29+;;/m1../s1. The van der Waals surface area contributed by atoms with Gasteiger partial charge in [0.1, 0.15) is 5.75 Å². The molecule has 250 valence electrons. The fourth-order valence-electron chi connectivity index (χ4n) is 7.11. The zero-order chi connectivity index (χ0) is 31.2. The van der Waals surface area contributed by atoms with Crippen molar-refractivity contribution in [3.05, 3.63) is 94.0 Å². The van der Waals surface area contributed by atoms with Crippen LogP contribution >= 0.6 is 24.8 Å². The van der Waals surface area contributed by atoms with E-state index in [-0.39, 0.29) is 42.6 Å². The molecule has 4 heterocycles. The van der Waals surface area contributed by atoms with E-state index in [2.05, 4.69) is 54.2 Å². The van der Waals surface area contributed by atoms with Gasteiger partial charge in [0.05, 0.1) is 21.3 Å². The molecule has 8 nitrogen and oxygen atoms in total. The molecule has 0 spiro atoms. The summed E-state index contributed by atoms with van der Waals surface area (Å²) in [6.07, 6.45) is 3.25. The van der Waals surface area contributed by atoms with E-state index in [9.17, 15) is 5.11 Å². The van der Waals surface area contributed by atoms with Gasteiger partial charge in [0.15, 0.2) is 34.5 Å². The van der Waals surface area contributed by atoms with E-state index in [1.807, 2.05) is 24.3 Å². The molecule has 0 radical (unpaired) electrons. The van der Waals surface area contributed by atoms with Gasteiger partial charge in [-0.05, 0) is 110 Å². The second-order valence-electron chi connectivity index (χ2n) is 12.3. The molecule has 47 heavy (non-hydrogen) atoms. The van der Waals surface area contributed by atoms with Crippen LogP contribution in [0.5, 0.6) is 46.0 Å². The molecule has 4 aliphatic rings. The van der Waals surface area contributed by atoms with E-state index < -0.39 is 0 Å². The molecule has 0 unspecified atom stereocenters. The van der Waals surface area contributed by atoms with Crippen molar-refractivity contribution in [1.82, 2.24) is 9.80 Å². The maximum Gasteiger partial charge on any atom is 0.204 e. The summed E-state index contributed by atoms with van der Waals surface area (Å²) >= 11 is 0. The summed E-state index contributed by atoms with van der Waals surface area (Å²) in [5, 5.41) is 10.7. The molecule has 1 N–H and O–H groups in total. The van der Waals surface area contributed by atoms with Crippen LogP contribution in [-0.2, 0) is 25.7 Å². The van der Waals surface area contributed by atoms with Gasteiger partial charge in [-0.2, -0.15) is 0 Å². The molecular weight excluding hydrogens is 639 g/mol. The predicted molar refractivity (Wildman–Crippen MR) is 187 cm³/mol. The number of nitrogens with zero attached hydrogens (tertiary/aromatic N) is 2. The minimum absolute atomic E-state index is 0. The van der Waals surface area contributed by atoms with Crippen molar-refractivity contribution < 1.29 is 28.8 Å². The summed E-state index contributed by atoms with van der Waals surface area (Å²) in [6, 6.07) is 20.2. The van der Waals surface area contributed by atoms with Gasteiger partial charge in [-0.15, -0.1) is 24.8 Å². The molecule has 8 rings (SSSR count). The predicted octanol–water partition coefficient (Wildman–Crippen LogP) is 7.70. The second kappa shape index (κ2) is 14.1. The molecular formula is C37H42Cl2N2O6. The smallest absolute Gasteiger partial charge is 0.204 e. The van der Waals surface area contributed by atoms with E-state index >= 15 is 0 Å². The zero-order valence-corrected chi connectivity index (χ0v) is 29.0. The summed E-state index contributed by atoms with van der Waals surface area (Å²) in [7, 11) is 9.34. The maximum absolute atomic E-state index is 10.7. The monoisotopic (exact) mass is 680 g/mol. The third-order valence-electron chi connectivity index (χ3n) is 9.64. The normalized spacial score (nSPS) is 18.6. The molecule has 0 aromatic heterocycles. The summed E-state index contributed by atoms with van der Waals surface area (Å²) in [5.74, 6) is 4.44. The van der Waals surface area contributed by atoms with E-state index in [0.29, 0.717) is 40.2 Å². The Kier molecular flexibility index (Phi) is 10.4. The van der Waals surface area contributed by atoms with Gasteiger partial charge in [-0.3, -0.25) is 9.80 Å². The lowest BCUT2D eigenvalue weighted by atomic mass is 9.87. The number of benzene rings is 4. The molecule has 4 aromatic carbocycles. The van der Waals surface area contributed by atoms with Gasteiger partial charge in [0.25, 0.3) is 0 Å². The lowest BCUT2D eigenvalue weighted by molar-refractivity contribution is 0.220. The van der Waals surface area contributed by atoms with Crippen LogP contribution in [0.3, 0.4) is 0 Å². The Bertz CT molecular complexity index is 1750. The molecule has 6 bridgehead atoms. The Balaban J connectivity index is 0.00000217. The van der Waals surface area contributed by atoms with Gasteiger partial charge in [-0.1, -0.05) is 18.2 Å². The van der Waals surface area contributed by atoms with Gasteiger partial charge in [-0.25, -0.2) is 0 Å². The first-order valence-electron chi connectivity index (χ1n) is 15.5. The lowest BCUT2D eigenvalue weighted by Gasteiger charge is -2.37. The van der Waals surface area contributed by atoms with E-state index in [1.165, 1.54) is 16.7 Å². The first-order chi connectivity index (χ1) is 21.9. The van der Waals surface area contributed by atoms with E-state index in [0.717, 1.165) is 55.5 Å². The average Bonchev–Trinajstić information content (AvgIpc) is 3.05. The van der Waals surface area contributed by atoms with Crippen molar-refractivity contribution in [3.63, 3.8) is 0 Å². The summed E-state index contributed by atoms with van der Waals surface area (Å²) < 4.78 is 31.0. The van der Waals surface area contributed by atoms with Gasteiger partial charge in [0, 0.05) is 30.7 Å².